The first-order valence-corrected chi connectivity index (χ1v) is 8.92. The van der Waals surface area contributed by atoms with Crippen LogP contribution in [0.4, 0.5) is 0 Å². The largest absolute Gasteiger partial charge is 0.130 e. The predicted octanol–water partition coefficient (Wildman–Crippen LogP) is 4.23. The summed E-state index contributed by atoms with van der Waals surface area (Å²) in [5, 5.41) is 0.816. The van der Waals surface area contributed by atoms with Crippen molar-refractivity contribution in [2.45, 2.75) is 31.9 Å². The second-order valence-corrected chi connectivity index (χ2v) is 8.38. The van der Waals surface area contributed by atoms with Crippen LogP contribution < -0.4 is 0 Å². The minimum atomic E-state index is -0.751. The molecule has 0 bridgehead atoms. The Morgan fingerprint density at radius 1 is 1.20 bits per heavy atom. The summed E-state index contributed by atoms with van der Waals surface area (Å²) in [7, 11) is -0.751. The lowest BCUT2D eigenvalue weighted by molar-refractivity contribution is 0.870. The monoisotopic (exact) mass is 260 g/mol. The van der Waals surface area contributed by atoms with E-state index in [-0.39, 0.29) is 0 Å². The molecule has 3 heteroatoms. The van der Waals surface area contributed by atoms with E-state index in [2.05, 4.69) is 19.1 Å². The van der Waals surface area contributed by atoms with Gasteiger partial charge in [-0.15, -0.1) is 11.6 Å². The van der Waals surface area contributed by atoms with E-state index < -0.39 is 8.80 Å². The maximum atomic E-state index is 6.02. The fourth-order valence-electron chi connectivity index (χ4n) is 1.68. The molecule has 0 radical (unpaired) electrons. The highest BCUT2D eigenvalue weighted by molar-refractivity contribution is 6.66. The first-order chi connectivity index (χ1) is 7.26. The van der Waals surface area contributed by atoms with Crippen molar-refractivity contribution in [2.24, 2.45) is 0 Å². The Hall–Kier alpha value is 0.0169. The van der Waals surface area contributed by atoms with E-state index in [0.717, 1.165) is 10.5 Å². The summed E-state index contributed by atoms with van der Waals surface area (Å²) in [5.74, 6) is 0. The summed E-state index contributed by atoms with van der Waals surface area (Å²) >= 11 is 11.9. The molecule has 0 heterocycles. The second kappa shape index (κ2) is 7.32. The Morgan fingerprint density at radius 2 is 1.87 bits per heavy atom. The molecular weight excluding hydrogens is 243 g/mol. The van der Waals surface area contributed by atoms with Crippen molar-refractivity contribution in [1.29, 1.82) is 0 Å². The van der Waals surface area contributed by atoms with Crippen molar-refractivity contribution in [3.8, 4) is 0 Å². The number of hydrogen-bond acceptors (Lipinski definition) is 0. The lowest BCUT2D eigenvalue weighted by Gasteiger charge is -2.11. The zero-order valence-corrected chi connectivity index (χ0v) is 11.8. The zero-order valence-electron chi connectivity index (χ0n) is 9.18. The molecule has 0 saturated carbocycles. The van der Waals surface area contributed by atoms with Gasteiger partial charge in [0.05, 0.1) is 8.80 Å². The molecule has 1 aromatic carbocycles. The molecule has 0 aliphatic heterocycles. The Kier molecular flexibility index (Phi) is 6.38. The summed E-state index contributed by atoms with van der Waals surface area (Å²) in [6.07, 6.45) is 2.61. The molecule has 1 atom stereocenters. The average molecular weight is 261 g/mol. The number of alkyl halides is 1. The number of unbranched alkanes of at least 4 members (excludes halogenated alkanes) is 1. The Labute approximate surface area is 104 Å². The van der Waals surface area contributed by atoms with Gasteiger partial charge in [-0.25, -0.2) is 0 Å². The van der Waals surface area contributed by atoms with Crippen LogP contribution in [0.1, 0.15) is 25.3 Å². The van der Waals surface area contributed by atoms with Crippen molar-refractivity contribution in [3.63, 3.8) is 0 Å². The number of hydrogen-bond donors (Lipinski definition) is 0. The van der Waals surface area contributed by atoms with E-state index in [1.807, 2.05) is 12.1 Å². The molecule has 0 saturated heterocycles. The molecule has 0 nitrogen and oxygen atoms in total. The van der Waals surface area contributed by atoms with Crippen LogP contribution >= 0.6 is 23.2 Å². The summed E-state index contributed by atoms with van der Waals surface area (Å²) in [5.41, 5.74) is 2.29. The van der Waals surface area contributed by atoms with E-state index >= 15 is 0 Å². The summed E-state index contributed by atoms with van der Waals surface area (Å²) in [6, 6.07) is 10.8. The second-order valence-electron chi connectivity index (χ2n) is 3.99. The van der Waals surface area contributed by atoms with Gasteiger partial charge in [0.25, 0.3) is 0 Å². The molecule has 0 spiro atoms. The molecule has 1 unspecified atom stereocenters. The lowest BCUT2D eigenvalue weighted by atomic mass is 10.2. The van der Waals surface area contributed by atoms with Crippen LogP contribution in [0.2, 0.25) is 11.1 Å². The van der Waals surface area contributed by atoms with Crippen molar-refractivity contribution < 1.29 is 0 Å². The maximum Gasteiger partial charge on any atom is 0.0583 e. The number of benzene rings is 1. The van der Waals surface area contributed by atoms with Gasteiger partial charge in [-0.3, -0.25) is 0 Å². The molecule has 0 aliphatic rings. The molecule has 84 valence electrons. The van der Waals surface area contributed by atoms with E-state index in [1.165, 1.54) is 30.5 Å². The standard InChI is InChI=1S/C12H18Cl2Si/c1-2-3-8-15(10-13)9-11-4-6-12(14)7-5-11/h4-7,15H,2-3,8-10H2,1H3. The average Bonchev–Trinajstić information content (AvgIpc) is 2.27. The highest BCUT2D eigenvalue weighted by atomic mass is 35.5. The number of rotatable bonds is 6. The van der Waals surface area contributed by atoms with Crippen LogP contribution in [0, 0.1) is 0 Å². The SMILES string of the molecule is CCCC[SiH](CCl)Cc1ccc(Cl)cc1. The molecule has 0 amide bonds. The van der Waals surface area contributed by atoms with Crippen molar-refractivity contribution >= 4 is 32.0 Å². The van der Waals surface area contributed by atoms with E-state index in [9.17, 15) is 0 Å². The van der Waals surface area contributed by atoms with Gasteiger partial charge < -0.3 is 0 Å². The fourth-order valence-corrected chi connectivity index (χ4v) is 4.99. The third-order valence-electron chi connectivity index (χ3n) is 2.62. The normalized spacial score (nSPS) is 12.7. The zero-order chi connectivity index (χ0) is 11.1. The summed E-state index contributed by atoms with van der Waals surface area (Å²) in [4.78, 5) is 0. The Morgan fingerprint density at radius 3 is 2.40 bits per heavy atom. The highest BCUT2D eigenvalue weighted by Crippen LogP contribution is 2.13. The van der Waals surface area contributed by atoms with Crippen molar-refractivity contribution in [2.75, 3.05) is 5.50 Å². The molecule has 0 N–H and O–H groups in total. The number of halogens is 2. The smallest absolute Gasteiger partial charge is 0.0583 e. The third kappa shape index (κ3) is 5.05. The van der Waals surface area contributed by atoms with Crippen LogP contribution in [0.5, 0.6) is 0 Å². The summed E-state index contributed by atoms with van der Waals surface area (Å²) in [6.45, 7) is 2.24. The van der Waals surface area contributed by atoms with Gasteiger partial charge in [-0.2, -0.15) is 0 Å². The first-order valence-electron chi connectivity index (χ1n) is 5.56. The topological polar surface area (TPSA) is 0 Å². The molecular formula is C12H18Cl2Si. The van der Waals surface area contributed by atoms with E-state index in [4.69, 9.17) is 23.2 Å². The first kappa shape index (κ1) is 13.1. The van der Waals surface area contributed by atoms with Gasteiger partial charge >= 0.3 is 0 Å². The quantitative estimate of drug-likeness (QED) is 0.531. The third-order valence-corrected chi connectivity index (χ3v) is 6.89. The molecule has 0 aliphatic carbocycles. The fraction of sp³-hybridized carbons (Fsp3) is 0.500. The highest BCUT2D eigenvalue weighted by Gasteiger charge is 2.09. The van der Waals surface area contributed by atoms with Crippen LogP contribution in [0.3, 0.4) is 0 Å². The molecule has 1 aromatic rings. The Bertz CT molecular complexity index is 271. The molecule has 1 rings (SSSR count). The van der Waals surface area contributed by atoms with Gasteiger partial charge in [0.2, 0.25) is 0 Å². The van der Waals surface area contributed by atoms with Crippen molar-refractivity contribution in [3.05, 3.63) is 34.9 Å². The van der Waals surface area contributed by atoms with Gasteiger partial charge in [0, 0.05) is 10.5 Å². The van der Waals surface area contributed by atoms with E-state index in [1.54, 1.807) is 0 Å². The lowest BCUT2D eigenvalue weighted by Crippen LogP contribution is -2.19. The Balaban J connectivity index is 2.47. The molecule has 15 heavy (non-hydrogen) atoms. The molecule has 0 aromatic heterocycles. The van der Waals surface area contributed by atoms with Crippen LogP contribution in [0.15, 0.2) is 24.3 Å². The van der Waals surface area contributed by atoms with Gasteiger partial charge in [0.1, 0.15) is 0 Å². The van der Waals surface area contributed by atoms with Gasteiger partial charge in [0.15, 0.2) is 0 Å². The van der Waals surface area contributed by atoms with Crippen LogP contribution in [0.25, 0.3) is 0 Å². The predicted molar refractivity (Wildman–Crippen MR) is 72.7 cm³/mol. The summed E-state index contributed by atoms with van der Waals surface area (Å²) < 4.78 is 0. The van der Waals surface area contributed by atoms with Crippen LogP contribution in [-0.2, 0) is 6.04 Å². The van der Waals surface area contributed by atoms with Crippen molar-refractivity contribution in [1.82, 2.24) is 0 Å². The van der Waals surface area contributed by atoms with Gasteiger partial charge in [-0.05, 0) is 18.2 Å². The molecule has 0 fully saturated rings. The minimum Gasteiger partial charge on any atom is -0.130 e. The minimum absolute atomic E-state index is 0.751. The van der Waals surface area contributed by atoms with Gasteiger partial charge in [-0.1, -0.05) is 55.1 Å². The van der Waals surface area contributed by atoms with Crippen LogP contribution in [-0.4, -0.2) is 14.3 Å². The van der Waals surface area contributed by atoms with E-state index in [0.29, 0.717) is 0 Å². The maximum absolute atomic E-state index is 6.02.